The highest BCUT2D eigenvalue weighted by atomic mass is 35.5. The molecule has 0 unspecified atom stereocenters. The van der Waals surface area contributed by atoms with E-state index in [9.17, 15) is 22.7 Å². The molecule has 1 fully saturated rings. The molecule has 0 saturated carbocycles. The second-order valence-corrected chi connectivity index (χ2v) is 11.9. The van der Waals surface area contributed by atoms with Crippen LogP contribution in [0.15, 0.2) is 46.0 Å². The van der Waals surface area contributed by atoms with E-state index in [1.165, 1.54) is 34.9 Å². The molecule has 10 nitrogen and oxygen atoms in total. The predicted octanol–water partition coefficient (Wildman–Crippen LogP) is 1.85. The Kier molecular flexibility index (Phi) is 8.61. The normalized spacial score (nSPS) is 20.4. The SMILES string of the molecule is COC(=O)C1=C(C2CCN(S(=O)(=O)C[C@@H](O)CO)CC2)NC(c2nccs2)=N[C@@H]1c1ccc(F)cc1Cl. The summed E-state index contributed by atoms with van der Waals surface area (Å²) in [6.07, 6.45) is 0.987. The smallest absolute Gasteiger partial charge is 0.338 e. The van der Waals surface area contributed by atoms with E-state index < -0.39 is 46.3 Å². The number of piperidine rings is 1. The lowest BCUT2D eigenvalue weighted by Crippen LogP contribution is -2.45. The van der Waals surface area contributed by atoms with E-state index in [0.717, 1.165) is 6.07 Å². The summed E-state index contributed by atoms with van der Waals surface area (Å²) >= 11 is 7.72. The van der Waals surface area contributed by atoms with Crippen LogP contribution in [0.4, 0.5) is 4.39 Å². The topological polar surface area (TPSA) is 141 Å². The minimum absolute atomic E-state index is 0.0956. The van der Waals surface area contributed by atoms with Crippen molar-refractivity contribution < 1.29 is 32.6 Å². The lowest BCUT2D eigenvalue weighted by atomic mass is 9.86. The number of aromatic nitrogens is 1. The lowest BCUT2D eigenvalue weighted by molar-refractivity contribution is -0.136. The third-order valence-electron chi connectivity index (χ3n) is 6.24. The Labute approximate surface area is 222 Å². The van der Waals surface area contributed by atoms with Gasteiger partial charge in [0.05, 0.1) is 31.1 Å². The number of methoxy groups -OCH3 is 1. The van der Waals surface area contributed by atoms with E-state index >= 15 is 0 Å². The fraction of sp³-hybridized carbons (Fsp3) is 0.435. The molecule has 0 amide bonds. The number of nitrogens with zero attached hydrogens (tertiary/aromatic N) is 3. The molecule has 0 radical (unpaired) electrons. The predicted molar refractivity (Wildman–Crippen MR) is 136 cm³/mol. The van der Waals surface area contributed by atoms with E-state index in [4.69, 9.17) is 26.4 Å². The minimum Gasteiger partial charge on any atom is -0.466 e. The van der Waals surface area contributed by atoms with Gasteiger partial charge in [0, 0.05) is 46.9 Å². The average Bonchev–Trinajstić information content (AvgIpc) is 3.42. The summed E-state index contributed by atoms with van der Waals surface area (Å²) in [5.74, 6) is -1.61. The summed E-state index contributed by atoms with van der Waals surface area (Å²) < 4.78 is 45.5. The zero-order chi connectivity index (χ0) is 26.7. The molecular weight excluding hydrogens is 547 g/mol. The van der Waals surface area contributed by atoms with Gasteiger partial charge in [-0.3, -0.25) is 4.99 Å². The van der Waals surface area contributed by atoms with Crippen LogP contribution in [0.3, 0.4) is 0 Å². The number of aliphatic hydroxyl groups is 2. The number of ether oxygens (including phenoxy) is 1. The van der Waals surface area contributed by atoms with Crippen molar-refractivity contribution in [2.45, 2.75) is 25.0 Å². The number of carbonyl (C=O) groups excluding carboxylic acids is 1. The maximum atomic E-state index is 13.8. The fourth-order valence-corrected chi connectivity index (χ4v) is 6.87. The standard InChI is InChI=1S/C23H26ClFN4O6S2/c1-35-23(32)18-19(13-4-7-29(8-5-13)37(33,34)12-15(31)11-30)27-21(22-26-6-9-36-22)28-20(18)16-3-2-14(25)10-17(16)24/h2-3,6,9-10,13,15,20,30-31H,4-5,7-8,11-12H2,1H3,(H,27,28)/t15-,20+/m0/s1. The maximum Gasteiger partial charge on any atom is 0.338 e. The largest absolute Gasteiger partial charge is 0.466 e. The molecule has 0 bridgehead atoms. The maximum absolute atomic E-state index is 13.8. The van der Waals surface area contributed by atoms with Crippen molar-refractivity contribution in [1.29, 1.82) is 0 Å². The van der Waals surface area contributed by atoms with Gasteiger partial charge < -0.3 is 20.3 Å². The summed E-state index contributed by atoms with van der Waals surface area (Å²) in [5.41, 5.74) is 1.13. The third-order valence-corrected chi connectivity index (χ3v) is 9.31. The molecule has 2 aliphatic rings. The Morgan fingerprint density at radius 2 is 2.11 bits per heavy atom. The fourth-order valence-electron chi connectivity index (χ4n) is 4.44. The summed E-state index contributed by atoms with van der Waals surface area (Å²) in [6.45, 7) is -0.353. The first kappa shape index (κ1) is 27.6. The zero-order valence-corrected chi connectivity index (χ0v) is 22.2. The number of benzene rings is 1. The minimum atomic E-state index is -3.78. The first-order valence-corrected chi connectivity index (χ1v) is 14.3. The Morgan fingerprint density at radius 1 is 1.38 bits per heavy atom. The molecule has 2 aliphatic heterocycles. The molecule has 1 saturated heterocycles. The van der Waals surface area contributed by atoms with Gasteiger partial charge in [-0.05, 0) is 25.0 Å². The monoisotopic (exact) mass is 572 g/mol. The summed E-state index contributed by atoms with van der Waals surface area (Å²) in [5, 5.41) is 24.3. The molecule has 2 aromatic rings. The molecule has 3 heterocycles. The number of aliphatic hydroxyl groups excluding tert-OH is 2. The number of hydrogen-bond donors (Lipinski definition) is 3. The summed E-state index contributed by atoms with van der Waals surface area (Å²) in [6, 6.07) is 2.95. The van der Waals surface area contributed by atoms with Gasteiger partial charge in [-0.1, -0.05) is 17.7 Å². The highest BCUT2D eigenvalue weighted by Crippen LogP contribution is 2.40. The second-order valence-electron chi connectivity index (χ2n) is 8.62. The van der Waals surface area contributed by atoms with Gasteiger partial charge in [0.1, 0.15) is 11.9 Å². The Balaban J connectivity index is 1.72. The number of sulfonamides is 1. The van der Waals surface area contributed by atoms with E-state index in [1.807, 2.05) is 0 Å². The number of esters is 1. The third kappa shape index (κ3) is 6.02. The van der Waals surface area contributed by atoms with E-state index in [2.05, 4.69) is 10.3 Å². The van der Waals surface area contributed by atoms with Crippen LogP contribution in [0, 0.1) is 11.7 Å². The van der Waals surface area contributed by atoms with E-state index in [-0.39, 0.29) is 29.6 Å². The molecule has 14 heteroatoms. The Morgan fingerprint density at radius 3 is 2.70 bits per heavy atom. The van der Waals surface area contributed by atoms with Crippen LogP contribution in [0.25, 0.3) is 0 Å². The van der Waals surface area contributed by atoms with Gasteiger partial charge in [0.25, 0.3) is 0 Å². The van der Waals surface area contributed by atoms with Crippen molar-refractivity contribution in [3.05, 3.63) is 62.5 Å². The van der Waals surface area contributed by atoms with Crippen LogP contribution in [-0.4, -0.2) is 78.4 Å². The van der Waals surface area contributed by atoms with Crippen LogP contribution < -0.4 is 5.32 Å². The number of aliphatic imine (C=N–C) groups is 1. The van der Waals surface area contributed by atoms with Crippen LogP contribution in [0.5, 0.6) is 0 Å². The van der Waals surface area contributed by atoms with Gasteiger partial charge in [0.2, 0.25) is 10.0 Å². The van der Waals surface area contributed by atoms with Crippen molar-refractivity contribution in [2.24, 2.45) is 10.9 Å². The van der Waals surface area contributed by atoms with Gasteiger partial charge >= 0.3 is 5.97 Å². The molecule has 4 rings (SSSR count). The average molecular weight is 573 g/mol. The Hall–Kier alpha value is -2.42. The van der Waals surface area contributed by atoms with Crippen molar-refractivity contribution in [3.8, 4) is 0 Å². The summed E-state index contributed by atoms with van der Waals surface area (Å²) in [7, 11) is -2.53. The van der Waals surface area contributed by atoms with Crippen molar-refractivity contribution in [1.82, 2.24) is 14.6 Å². The first-order chi connectivity index (χ1) is 17.6. The molecule has 2 atom stereocenters. The molecule has 0 aliphatic carbocycles. The number of hydrogen-bond acceptors (Lipinski definition) is 10. The van der Waals surface area contributed by atoms with E-state index in [0.29, 0.717) is 34.9 Å². The van der Waals surface area contributed by atoms with Gasteiger partial charge in [-0.2, -0.15) is 0 Å². The van der Waals surface area contributed by atoms with E-state index in [1.54, 1.807) is 11.6 Å². The zero-order valence-electron chi connectivity index (χ0n) is 19.8. The summed E-state index contributed by atoms with van der Waals surface area (Å²) in [4.78, 5) is 22.1. The number of nitrogens with one attached hydrogen (secondary N) is 1. The molecular formula is C23H26ClFN4O6S2. The quantitative estimate of drug-likeness (QED) is 0.407. The molecule has 1 aromatic heterocycles. The molecule has 200 valence electrons. The van der Waals surface area contributed by atoms with Crippen molar-refractivity contribution >= 4 is 44.8 Å². The number of allylic oxidation sites excluding steroid dienone is 1. The molecule has 0 spiro atoms. The first-order valence-electron chi connectivity index (χ1n) is 11.4. The highest BCUT2D eigenvalue weighted by molar-refractivity contribution is 7.89. The van der Waals surface area contributed by atoms with Crippen LogP contribution in [0.1, 0.15) is 29.5 Å². The number of carbonyl (C=O) groups is 1. The number of rotatable bonds is 8. The molecule has 37 heavy (non-hydrogen) atoms. The van der Waals surface area contributed by atoms with Crippen LogP contribution >= 0.6 is 22.9 Å². The number of thiazole rings is 1. The Bertz CT molecular complexity index is 1310. The van der Waals surface area contributed by atoms with Crippen LogP contribution in [0.2, 0.25) is 5.02 Å². The lowest BCUT2D eigenvalue weighted by Gasteiger charge is -2.36. The van der Waals surface area contributed by atoms with Gasteiger partial charge in [-0.25, -0.2) is 26.9 Å². The number of amidine groups is 1. The number of halogens is 2. The molecule has 3 N–H and O–H groups in total. The molecule has 1 aromatic carbocycles. The van der Waals surface area contributed by atoms with Crippen LogP contribution in [-0.2, 0) is 19.6 Å². The highest BCUT2D eigenvalue weighted by Gasteiger charge is 2.39. The second kappa shape index (κ2) is 11.5. The van der Waals surface area contributed by atoms with Crippen molar-refractivity contribution in [2.75, 3.05) is 32.6 Å². The van der Waals surface area contributed by atoms with Crippen molar-refractivity contribution in [3.63, 3.8) is 0 Å². The van der Waals surface area contributed by atoms with Gasteiger partial charge in [0.15, 0.2) is 10.8 Å². The van der Waals surface area contributed by atoms with Gasteiger partial charge in [-0.15, -0.1) is 11.3 Å².